The third kappa shape index (κ3) is 4.80. The van der Waals surface area contributed by atoms with Crippen LogP contribution in [0, 0.1) is 5.92 Å². The number of nitrogens with one attached hydrogen (secondary N) is 1. The molecule has 5 nitrogen and oxygen atoms in total. The van der Waals surface area contributed by atoms with Gasteiger partial charge in [-0.2, -0.15) is 0 Å². The van der Waals surface area contributed by atoms with Crippen LogP contribution in [0.1, 0.15) is 24.8 Å². The maximum atomic E-state index is 12.6. The van der Waals surface area contributed by atoms with Gasteiger partial charge in [-0.25, -0.2) is 0 Å². The number of fused-ring (bicyclic) bond motifs is 1. The standard InChI is InChI=1S/C24H25N3O2/c28-22(26-21-10-4-8-20-9-5-13-25-24(20)21)17-23(29)27-14-11-19(12-15-27)16-18-6-2-1-3-7-18/h1-10,13,19H,11-12,14-17H2,(H,26,28). The monoisotopic (exact) mass is 387 g/mol. The number of carbonyl (C=O) groups excluding carboxylic acids is 2. The fraction of sp³-hybridized carbons (Fsp3) is 0.292. The van der Waals surface area contributed by atoms with E-state index in [4.69, 9.17) is 0 Å². The predicted octanol–water partition coefficient (Wildman–Crippen LogP) is 4.04. The van der Waals surface area contributed by atoms with Crippen molar-refractivity contribution >= 4 is 28.4 Å². The molecule has 2 aromatic carbocycles. The van der Waals surface area contributed by atoms with E-state index in [0.717, 1.165) is 43.3 Å². The molecule has 4 rings (SSSR count). The van der Waals surface area contributed by atoms with Gasteiger partial charge in [-0.1, -0.05) is 48.5 Å². The number of anilines is 1. The summed E-state index contributed by atoms with van der Waals surface area (Å²) in [6.45, 7) is 1.44. The molecule has 0 radical (unpaired) electrons. The number of hydrogen-bond acceptors (Lipinski definition) is 3. The molecule has 29 heavy (non-hydrogen) atoms. The average Bonchev–Trinajstić information content (AvgIpc) is 2.75. The normalized spacial score (nSPS) is 14.7. The third-order valence-corrected chi connectivity index (χ3v) is 5.55. The van der Waals surface area contributed by atoms with Gasteiger partial charge in [-0.05, 0) is 42.9 Å². The maximum absolute atomic E-state index is 12.6. The summed E-state index contributed by atoms with van der Waals surface area (Å²) < 4.78 is 0. The van der Waals surface area contributed by atoms with Crippen molar-refractivity contribution in [2.45, 2.75) is 25.7 Å². The molecule has 1 saturated heterocycles. The average molecular weight is 387 g/mol. The summed E-state index contributed by atoms with van der Waals surface area (Å²) in [5.74, 6) is 0.199. The molecule has 148 valence electrons. The molecule has 0 unspecified atom stereocenters. The second-order valence-electron chi connectivity index (χ2n) is 7.62. The van der Waals surface area contributed by atoms with Gasteiger partial charge in [0.1, 0.15) is 6.42 Å². The zero-order valence-corrected chi connectivity index (χ0v) is 16.4. The summed E-state index contributed by atoms with van der Waals surface area (Å²) in [6.07, 6.45) is 4.58. The summed E-state index contributed by atoms with van der Waals surface area (Å²) in [5.41, 5.74) is 2.72. The van der Waals surface area contributed by atoms with E-state index in [1.807, 2.05) is 41.3 Å². The van der Waals surface area contributed by atoms with Gasteiger partial charge >= 0.3 is 0 Å². The summed E-state index contributed by atoms with van der Waals surface area (Å²) in [7, 11) is 0. The Balaban J connectivity index is 1.29. The van der Waals surface area contributed by atoms with Gasteiger partial charge in [0.05, 0.1) is 11.2 Å². The molecule has 0 aliphatic carbocycles. The number of carbonyl (C=O) groups is 2. The minimum absolute atomic E-state index is 0.103. The Morgan fingerprint density at radius 3 is 2.52 bits per heavy atom. The number of pyridine rings is 1. The van der Waals surface area contributed by atoms with Crippen LogP contribution in [0.3, 0.4) is 0 Å². The first kappa shape index (κ1) is 19.1. The van der Waals surface area contributed by atoms with E-state index in [1.165, 1.54) is 5.56 Å². The molecule has 1 fully saturated rings. The lowest BCUT2D eigenvalue weighted by Crippen LogP contribution is -2.40. The van der Waals surface area contributed by atoms with Crippen molar-refractivity contribution in [1.29, 1.82) is 0 Å². The van der Waals surface area contributed by atoms with Crippen molar-refractivity contribution in [3.05, 3.63) is 72.4 Å². The second-order valence-corrected chi connectivity index (χ2v) is 7.62. The summed E-state index contributed by atoms with van der Waals surface area (Å²) in [4.78, 5) is 31.2. The molecule has 5 heteroatoms. The van der Waals surface area contributed by atoms with Crippen LogP contribution in [0.25, 0.3) is 10.9 Å². The SMILES string of the molecule is O=C(CC(=O)N1CCC(Cc2ccccc2)CC1)Nc1cccc2cccnc12. The fourth-order valence-electron chi connectivity index (χ4n) is 3.98. The van der Waals surface area contributed by atoms with Gasteiger partial charge in [-0.15, -0.1) is 0 Å². The van der Waals surface area contributed by atoms with Crippen molar-refractivity contribution in [3.8, 4) is 0 Å². The van der Waals surface area contributed by atoms with E-state index in [-0.39, 0.29) is 18.2 Å². The molecule has 1 aromatic heterocycles. The molecule has 2 amide bonds. The number of para-hydroxylation sites is 1. The number of piperidine rings is 1. The molecule has 2 heterocycles. The van der Waals surface area contributed by atoms with Crippen molar-refractivity contribution in [1.82, 2.24) is 9.88 Å². The first-order valence-corrected chi connectivity index (χ1v) is 10.1. The van der Waals surface area contributed by atoms with Crippen molar-refractivity contribution < 1.29 is 9.59 Å². The Kier molecular flexibility index (Phi) is 5.84. The van der Waals surface area contributed by atoms with Gasteiger partial charge in [0.15, 0.2) is 0 Å². The summed E-state index contributed by atoms with van der Waals surface area (Å²) >= 11 is 0. The van der Waals surface area contributed by atoms with E-state index in [2.05, 4.69) is 34.6 Å². The zero-order chi connectivity index (χ0) is 20.1. The molecule has 0 spiro atoms. The fourth-order valence-corrected chi connectivity index (χ4v) is 3.98. The Hall–Kier alpha value is -3.21. The van der Waals surface area contributed by atoms with Crippen LogP contribution in [-0.2, 0) is 16.0 Å². The highest BCUT2D eigenvalue weighted by molar-refractivity contribution is 6.07. The van der Waals surface area contributed by atoms with Gasteiger partial charge in [-0.3, -0.25) is 14.6 Å². The second kappa shape index (κ2) is 8.86. The number of benzene rings is 2. The number of likely N-dealkylation sites (tertiary alicyclic amines) is 1. The van der Waals surface area contributed by atoms with Crippen molar-refractivity contribution in [3.63, 3.8) is 0 Å². The predicted molar refractivity (Wildman–Crippen MR) is 114 cm³/mol. The molecular weight excluding hydrogens is 362 g/mol. The van der Waals surface area contributed by atoms with Gasteiger partial charge in [0.25, 0.3) is 0 Å². The van der Waals surface area contributed by atoms with E-state index in [0.29, 0.717) is 11.6 Å². The van der Waals surface area contributed by atoms with Crippen LogP contribution in [-0.4, -0.2) is 34.8 Å². The van der Waals surface area contributed by atoms with Crippen LogP contribution in [0.15, 0.2) is 66.9 Å². The van der Waals surface area contributed by atoms with E-state index in [9.17, 15) is 9.59 Å². The topological polar surface area (TPSA) is 62.3 Å². The van der Waals surface area contributed by atoms with E-state index < -0.39 is 0 Å². The molecule has 1 aliphatic rings. The van der Waals surface area contributed by atoms with Gasteiger partial charge in [0, 0.05) is 24.7 Å². The molecule has 3 aromatic rings. The van der Waals surface area contributed by atoms with Crippen LogP contribution in [0.4, 0.5) is 5.69 Å². The summed E-state index contributed by atoms with van der Waals surface area (Å²) in [5, 5.41) is 3.80. The van der Waals surface area contributed by atoms with E-state index in [1.54, 1.807) is 6.20 Å². The Morgan fingerprint density at radius 1 is 0.966 bits per heavy atom. The van der Waals surface area contributed by atoms with Crippen LogP contribution >= 0.6 is 0 Å². The number of amides is 2. The van der Waals surface area contributed by atoms with Crippen LogP contribution < -0.4 is 5.32 Å². The number of aromatic nitrogens is 1. The highest BCUT2D eigenvalue weighted by Crippen LogP contribution is 2.23. The lowest BCUT2D eigenvalue weighted by molar-refractivity contribution is -0.135. The molecule has 1 aliphatic heterocycles. The molecule has 0 atom stereocenters. The minimum Gasteiger partial charge on any atom is -0.342 e. The van der Waals surface area contributed by atoms with Crippen LogP contribution in [0.5, 0.6) is 0 Å². The van der Waals surface area contributed by atoms with Crippen LogP contribution in [0.2, 0.25) is 0 Å². The first-order valence-electron chi connectivity index (χ1n) is 10.1. The quantitative estimate of drug-likeness (QED) is 0.672. The number of hydrogen-bond donors (Lipinski definition) is 1. The first-order chi connectivity index (χ1) is 14.2. The Labute approximate surface area is 170 Å². The molecule has 1 N–H and O–H groups in total. The highest BCUT2D eigenvalue weighted by atomic mass is 16.2. The van der Waals surface area contributed by atoms with Crippen molar-refractivity contribution in [2.75, 3.05) is 18.4 Å². The largest absolute Gasteiger partial charge is 0.342 e. The summed E-state index contributed by atoms with van der Waals surface area (Å²) in [6, 6.07) is 19.9. The zero-order valence-electron chi connectivity index (χ0n) is 16.4. The Morgan fingerprint density at radius 2 is 1.72 bits per heavy atom. The lowest BCUT2D eigenvalue weighted by Gasteiger charge is -2.32. The number of rotatable bonds is 5. The third-order valence-electron chi connectivity index (χ3n) is 5.55. The van der Waals surface area contributed by atoms with Crippen molar-refractivity contribution in [2.24, 2.45) is 5.92 Å². The highest BCUT2D eigenvalue weighted by Gasteiger charge is 2.24. The maximum Gasteiger partial charge on any atom is 0.233 e. The minimum atomic E-state index is -0.292. The van der Waals surface area contributed by atoms with Gasteiger partial charge in [0.2, 0.25) is 11.8 Å². The lowest BCUT2D eigenvalue weighted by atomic mass is 9.90. The number of nitrogens with zero attached hydrogens (tertiary/aromatic N) is 2. The molecule has 0 saturated carbocycles. The smallest absolute Gasteiger partial charge is 0.233 e. The molecular formula is C24H25N3O2. The Bertz CT molecular complexity index is 990. The van der Waals surface area contributed by atoms with Gasteiger partial charge < -0.3 is 10.2 Å². The molecule has 0 bridgehead atoms. The van der Waals surface area contributed by atoms with E-state index >= 15 is 0 Å².